The van der Waals surface area contributed by atoms with Crippen LogP contribution in [0.5, 0.6) is 0 Å². The lowest BCUT2D eigenvalue weighted by atomic mass is 10.1. The van der Waals surface area contributed by atoms with Crippen LogP contribution in [0.3, 0.4) is 0 Å². The Balaban J connectivity index is 2.04. The van der Waals surface area contributed by atoms with Crippen LogP contribution in [0.2, 0.25) is 0 Å². The van der Waals surface area contributed by atoms with Gasteiger partial charge in [-0.3, -0.25) is 0 Å². The van der Waals surface area contributed by atoms with Crippen LogP contribution in [0.4, 0.5) is 0 Å². The average Bonchev–Trinajstić information content (AvgIpc) is 2.65. The molecule has 0 bridgehead atoms. The van der Waals surface area contributed by atoms with Gasteiger partial charge in [0.1, 0.15) is 0 Å². The molecule has 2 heteroatoms. The Morgan fingerprint density at radius 2 is 1.13 bits per heavy atom. The minimum atomic E-state index is -1.41. The predicted molar refractivity (Wildman–Crippen MR) is 132 cm³/mol. The number of benzene rings is 3. The lowest BCUT2D eigenvalue weighted by Gasteiger charge is -2.26. The van der Waals surface area contributed by atoms with E-state index in [-0.39, 0.29) is 6.10 Å². The second-order valence-electron chi connectivity index (χ2n) is 8.47. The molecule has 3 aromatic rings. The van der Waals surface area contributed by atoms with E-state index in [2.05, 4.69) is 109 Å². The van der Waals surface area contributed by atoms with E-state index in [1.807, 2.05) is 6.07 Å². The standard InChI is InChI=1S/C28H33OSi/c1-19-15-21(3)27(22(4)16-19)30(28-23(5)17-20(2)18-24(28)6)29-25(7)13-14-26-11-9-8-10-12-26/h8-18,25H,1-7H3/b14-13-/t25-/m0/s1. The molecule has 1 nitrogen and oxygen atoms in total. The Kier molecular flexibility index (Phi) is 7.12. The van der Waals surface area contributed by atoms with E-state index >= 15 is 0 Å². The number of hydrogen-bond donors (Lipinski definition) is 0. The molecule has 1 atom stereocenters. The first-order valence-electron chi connectivity index (χ1n) is 10.7. The molecule has 0 saturated heterocycles. The largest absolute Gasteiger partial charge is 0.401 e. The highest BCUT2D eigenvalue weighted by Gasteiger charge is 2.28. The topological polar surface area (TPSA) is 9.23 Å². The van der Waals surface area contributed by atoms with Gasteiger partial charge in [-0.25, -0.2) is 0 Å². The molecular weight excluding hydrogens is 380 g/mol. The van der Waals surface area contributed by atoms with Crippen molar-refractivity contribution >= 4 is 25.5 Å². The maximum Gasteiger partial charge on any atom is 0.284 e. The molecule has 0 heterocycles. The first-order valence-corrected chi connectivity index (χ1v) is 12.1. The monoisotopic (exact) mass is 413 g/mol. The van der Waals surface area contributed by atoms with Gasteiger partial charge in [0.25, 0.3) is 9.04 Å². The molecule has 30 heavy (non-hydrogen) atoms. The molecular formula is C28H33OSi. The summed E-state index contributed by atoms with van der Waals surface area (Å²) in [6, 6.07) is 19.6. The quantitative estimate of drug-likeness (QED) is 0.467. The van der Waals surface area contributed by atoms with Crippen LogP contribution in [0, 0.1) is 41.5 Å². The van der Waals surface area contributed by atoms with E-state index < -0.39 is 9.04 Å². The molecule has 155 valence electrons. The van der Waals surface area contributed by atoms with Crippen molar-refractivity contribution in [2.45, 2.75) is 54.6 Å². The Bertz CT molecular complexity index is 946. The lowest BCUT2D eigenvalue weighted by Crippen LogP contribution is -2.51. The summed E-state index contributed by atoms with van der Waals surface area (Å²) in [6.45, 7) is 15.4. The van der Waals surface area contributed by atoms with Gasteiger partial charge >= 0.3 is 0 Å². The van der Waals surface area contributed by atoms with Gasteiger partial charge in [0.05, 0.1) is 6.10 Å². The third-order valence-electron chi connectivity index (χ3n) is 5.47. The Morgan fingerprint density at radius 1 is 0.700 bits per heavy atom. The second-order valence-corrected chi connectivity index (χ2v) is 10.4. The van der Waals surface area contributed by atoms with Crippen LogP contribution >= 0.6 is 0 Å². The lowest BCUT2D eigenvalue weighted by molar-refractivity contribution is 0.283. The highest BCUT2D eigenvalue weighted by Crippen LogP contribution is 2.15. The minimum absolute atomic E-state index is 0.0271. The van der Waals surface area contributed by atoms with Crippen LogP contribution in [0.15, 0.2) is 60.7 Å². The summed E-state index contributed by atoms with van der Waals surface area (Å²) in [6.07, 6.45) is 4.37. The van der Waals surface area contributed by atoms with E-state index in [0.717, 1.165) is 0 Å². The summed E-state index contributed by atoms with van der Waals surface area (Å²) in [5.74, 6) is 0. The van der Waals surface area contributed by atoms with Crippen LogP contribution in [-0.4, -0.2) is 15.1 Å². The van der Waals surface area contributed by atoms with Crippen molar-refractivity contribution in [1.29, 1.82) is 0 Å². The average molecular weight is 414 g/mol. The third-order valence-corrected chi connectivity index (χ3v) is 8.56. The van der Waals surface area contributed by atoms with Crippen LogP contribution in [-0.2, 0) is 4.43 Å². The maximum absolute atomic E-state index is 6.86. The fourth-order valence-corrected chi connectivity index (χ4v) is 7.01. The predicted octanol–water partition coefficient (Wildman–Crippen LogP) is 5.76. The molecule has 0 aliphatic carbocycles. The number of hydrogen-bond acceptors (Lipinski definition) is 1. The Hall–Kier alpha value is -2.42. The summed E-state index contributed by atoms with van der Waals surface area (Å²) in [5, 5.41) is 2.78. The first-order chi connectivity index (χ1) is 14.3. The van der Waals surface area contributed by atoms with Gasteiger partial charge in [-0.05, 0) is 86.7 Å². The molecule has 0 saturated carbocycles. The SMILES string of the molecule is Cc1cc(C)c([Si](O[C@@H](C)/C=C\c2ccccc2)c2c(C)cc(C)cc2C)c(C)c1. The summed E-state index contributed by atoms with van der Waals surface area (Å²) in [7, 11) is -1.41. The molecule has 0 aliphatic heterocycles. The van der Waals surface area contributed by atoms with E-state index in [1.54, 1.807) is 0 Å². The zero-order valence-corrected chi connectivity index (χ0v) is 20.3. The van der Waals surface area contributed by atoms with Crippen molar-refractivity contribution in [3.8, 4) is 0 Å². The molecule has 0 spiro atoms. The third kappa shape index (κ3) is 5.19. The zero-order valence-electron chi connectivity index (χ0n) is 19.3. The highest BCUT2D eigenvalue weighted by atomic mass is 28.3. The molecule has 0 aromatic heterocycles. The molecule has 0 aliphatic rings. The van der Waals surface area contributed by atoms with Crippen LogP contribution in [0.1, 0.15) is 45.9 Å². The molecule has 3 rings (SSSR count). The molecule has 3 aromatic carbocycles. The van der Waals surface area contributed by atoms with Gasteiger partial charge in [-0.15, -0.1) is 0 Å². The summed E-state index contributed by atoms with van der Waals surface area (Å²) >= 11 is 0. The van der Waals surface area contributed by atoms with Gasteiger partial charge in [0, 0.05) is 0 Å². The number of rotatable bonds is 6. The molecule has 0 N–H and O–H groups in total. The van der Waals surface area contributed by atoms with E-state index in [0.29, 0.717) is 0 Å². The van der Waals surface area contributed by atoms with Crippen molar-refractivity contribution < 1.29 is 4.43 Å². The highest BCUT2D eigenvalue weighted by molar-refractivity contribution is 6.81. The van der Waals surface area contributed by atoms with Crippen molar-refractivity contribution in [2.75, 3.05) is 0 Å². The minimum Gasteiger partial charge on any atom is -0.401 e. The van der Waals surface area contributed by atoms with Crippen molar-refractivity contribution in [2.24, 2.45) is 0 Å². The summed E-state index contributed by atoms with van der Waals surface area (Å²) < 4.78 is 6.86. The van der Waals surface area contributed by atoms with E-state index in [4.69, 9.17) is 4.43 Å². The van der Waals surface area contributed by atoms with Crippen molar-refractivity contribution in [1.82, 2.24) is 0 Å². The zero-order chi connectivity index (χ0) is 21.8. The van der Waals surface area contributed by atoms with Crippen molar-refractivity contribution in [3.05, 3.63) is 99.6 Å². The van der Waals surface area contributed by atoms with Crippen molar-refractivity contribution in [3.63, 3.8) is 0 Å². The summed E-state index contributed by atoms with van der Waals surface area (Å²) in [4.78, 5) is 0. The number of aryl methyl sites for hydroxylation is 6. The van der Waals surface area contributed by atoms with Gasteiger partial charge in [-0.1, -0.05) is 77.9 Å². The maximum atomic E-state index is 6.86. The fourth-order valence-electron chi connectivity index (χ4n) is 4.36. The van der Waals surface area contributed by atoms with Crippen LogP contribution < -0.4 is 10.4 Å². The molecule has 0 fully saturated rings. The Morgan fingerprint density at radius 3 is 1.57 bits per heavy atom. The van der Waals surface area contributed by atoms with Crippen LogP contribution in [0.25, 0.3) is 6.08 Å². The normalized spacial score (nSPS) is 12.7. The van der Waals surface area contributed by atoms with Gasteiger partial charge in [0.15, 0.2) is 0 Å². The van der Waals surface area contributed by atoms with Gasteiger partial charge < -0.3 is 4.43 Å². The molecule has 0 amide bonds. The smallest absolute Gasteiger partial charge is 0.284 e. The van der Waals surface area contributed by atoms with E-state index in [1.165, 1.54) is 49.3 Å². The second kappa shape index (κ2) is 9.59. The fraction of sp³-hybridized carbons (Fsp3) is 0.286. The van der Waals surface area contributed by atoms with E-state index in [9.17, 15) is 0 Å². The molecule has 0 unspecified atom stereocenters. The first kappa shape index (κ1) is 22.3. The Labute approximate surface area is 184 Å². The molecule has 1 radical (unpaired) electrons. The van der Waals surface area contributed by atoms with Gasteiger partial charge in [0.2, 0.25) is 0 Å². The summed E-state index contributed by atoms with van der Waals surface area (Å²) in [5.41, 5.74) is 9.15. The van der Waals surface area contributed by atoms with Gasteiger partial charge in [-0.2, -0.15) is 0 Å².